The molecule has 0 heterocycles. The summed E-state index contributed by atoms with van der Waals surface area (Å²) in [6.07, 6.45) is -5.27. The fourth-order valence-corrected chi connectivity index (χ4v) is 5.11. The quantitative estimate of drug-likeness (QED) is 0.696. The van der Waals surface area contributed by atoms with Gasteiger partial charge in [0.05, 0.1) is 5.56 Å². The predicted octanol–water partition coefficient (Wildman–Crippen LogP) is 3.57. The van der Waals surface area contributed by atoms with Crippen LogP contribution in [-0.4, -0.2) is 27.9 Å². The molecular weight excluding hydrogens is 419 g/mol. The zero-order valence-corrected chi connectivity index (χ0v) is 12.9. The van der Waals surface area contributed by atoms with Crippen molar-refractivity contribution in [3.63, 3.8) is 0 Å². The summed E-state index contributed by atoms with van der Waals surface area (Å²) in [5, 5.41) is 0. The molecule has 1 aromatic rings. The number of halogens is 9. The molecule has 0 aliphatic carbocycles. The Morgan fingerprint density at radius 3 is 1.44 bits per heavy atom. The van der Waals surface area contributed by atoms with Gasteiger partial charge in [0, 0.05) is 0 Å². The molecule has 1 rings (SSSR count). The van der Waals surface area contributed by atoms with Crippen LogP contribution in [0.15, 0.2) is 24.3 Å². The Kier molecular flexibility index (Phi) is 5.20. The number of hydrogen-bond acceptors (Lipinski definition) is 4. The standard InChI is InChI=1S/C10H5F9O4S2/c11-8(12,13)6-3-1-2-5(4-6)7(24(20,21)9(14,15)16)25(22,23)10(17,18)19/h1-4,7H. The molecule has 0 saturated carbocycles. The molecule has 0 radical (unpaired) electrons. The summed E-state index contributed by atoms with van der Waals surface area (Å²) >= 11 is 0. The van der Waals surface area contributed by atoms with E-state index in [2.05, 4.69) is 0 Å². The molecule has 144 valence electrons. The maximum Gasteiger partial charge on any atom is 0.499 e. The predicted molar refractivity (Wildman–Crippen MR) is 64.1 cm³/mol. The van der Waals surface area contributed by atoms with Gasteiger partial charge in [0.15, 0.2) is 0 Å². The minimum atomic E-state index is -7.07. The molecule has 1 aromatic carbocycles. The summed E-state index contributed by atoms with van der Waals surface area (Å²) in [6, 6.07) is 0.188. The molecular formula is C10H5F9O4S2. The minimum Gasteiger partial charge on any atom is -0.218 e. The molecule has 0 spiro atoms. The van der Waals surface area contributed by atoms with Crippen LogP contribution in [0.5, 0.6) is 0 Å². The second-order valence-electron chi connectivity index (χ2n) is 4.44. The van der Waals surface area contributed by atoms with E-state index in [9.17, 15) is 56.3 Å². The second kappa shape index (κ2) is 6.03. The number of sulfone groups is 2. The first-order valence-corrected chi connectivity index (χ1v) is 8.70. The van der Waals surface area contributed by atoms with Crippen LogP contribution in [-0.2, 0) is 25.9 Å². The van der Waals surface area contributed by atoms with Crippen LogP contribution < -0.4 is 0 Å². The Bertz CT molecular complexity index is 804. The third kappa shape index (κ3) is 4.02. The monoisotopic (exact) mass is 424 g/mol. The van der Waals surface area contributed by atoms with Gasteiger partial charge in [-0.05, 0) is 17.7 Å². The summed E-state index contributed by atoms with van der Waals surface area (Å²) in [6.45, 7) is 0. The normalized spacial score (nSPS) is 14.8. The van der Waals surface area contributed by atoms with Crippen LogP contribution in [0.1, 0.15) is 15.7 Å². The van der Waals surface area contributed by atoms with Gasteiger partial charge in [-0.2, -0.15) is 39.5 Å². The number of rotatable bonds is 3. The highest BCUT2D eigenvalue weighted by Crippen LogP contribution is 2.45. The van der Waals surface area contributed by atoms with Gasteiger partial charge in [-0.25, -0.2) is 16.8 Å². The van der Waals surface area contributed by atoms with E-state index in [-0.39, 0.29) is 18.2 Å². The molecule has 25 heavy (non-hydrogen) atoms. The largest absolute Gasteiger partial charge is 0.499 e. The molecule has 15 heteroatoms. The molecule has 0 aliphatic rings. The zero-order valence-electron chi connectivity index (χ0n) is 11.2. The fraction of sp³-hybridized carbons (Fsp3) is 0.400. The molecule has 0 saturated heterocycles. The van der Waals surface area contributed by atoms with Crippen LogP contribution in [0.25, 0.3) is 0 Å². The second-order valence-corrected chi connectivity index (χ2v) is 8.78. The van der Waals surface area contributed by atoms with Crippen LogP contribution >= 0.6 is 0 Å². The first-order valence-electron chi connectivity index (χ1n) is 5.61. The van der Waals surface area contributed by atoms with Gasteiger partial charge in [0.25, 0.3) is 19.7 Å². The molecule has 0 aliphatic heterocycles. The van der Waals surface area contributed by atoms with Gasteiger partial charge < -0.3 is 0 Å². The van der Waals surface area contributed by atoms with Gasteiger partial charge in [-0.3, -0.25) is 0 Å². The van der Waals surface area contributed by atoms with E-state index in [0.29, 0.717) is 0 Å². The number of hydrogen-bond donors (Lipinski definition) is 0. The number of alkyl halides is 9. The van der Waals surface area contributed by atoms with Gasteiger partial charge in [-0.1, -0.05) is 12.1 Å². The van der Waals surface area contributed by atoms with E-state index in [1.807, 2.05) is 0 Å². The Morgan fingerprint density at radius 2 is 1.12 bits per heavy atom. The average molecular weight is 424 g/mol. The lowest BCUT2D eigenvalue weighted by Gasteiger charge is -2.22. The van der Waals surface area contributed by atoms with Crippen LogP contribution in [0.3, 0.4) is 0 Å². The SMILES string of the molecule is O=S(=O)(C(c1cccc(C(F)(F)F)c1)S(=O)(=O)C(F)(F)F)C(F)(F)F. The van der Waals surface area contributed by atoms with Crippen molar-refractivity contribution < 1.29 is 56.3 Å². The molecule has 0 amide bonds. The Balaban J connectivity index is 3.85. The maximum atomic E-state index is 12.6. The third-order valence-corrected chi connectivity index (χ3v) is 7.18. The first kappa shape index (κ1) is 21.5. The summed E-state index contributed by atoms with van der Waals surface area (Å²) in [5.41, 5.74) is -16.6. The molecule has 0 bridgehead atoms. The highest BCUT2D eigenvalue weighted by molar-refractivity contribution is 8.09. The van der Waals surface area contributed by atoms with Crippen LogP contribution in [0.4, 0.5) is 39.5 Å². The van der Waals surface area contributed by atoms with E-state index in [1.54, 1.807) is 0 Å². The maximum absolute atomic E-state index is 12.6. The van der Waals surface area contributed by atoms with E-state index >= 15 is 0 Å². The van der Waals surface area contributed by atoms with Crippen molar-refractivity contribution in [1.82, 2.24) is 0 Å². The van der Waals surface area contributed by atoms with Crippen molar-refractivity contribution >= 4 is 19.7 Å². The third-order valence-electron chi connectivity index (χ3n) is 2.70. The van der Waals surface area contributed by atoms with Gasteiger partial charge in [0.1, 0.15) is 0 Å². The molecule has 0 unspecified atom stereocenters. The highest BCUT2D eigenvalue weighted by Gasteiger charge is 2.63. The van der Waals surface area contributed by atoms with Crippen molar-refractivity contribution in [2.75, 3.05) is 0 Å². The molecule has 4 nitrogen and oxygen atoms in total. The Labute approximate surface area is 134 Å². The van der Waals surface area contributed by atoms with Gasteiger partial charge in [-0.15, -0.1) is 0 Å². The van der Waals surface area contributed by atoms with Crippen molar-refractivity contribution in [2.24, 2.45) is 0 Å². The van der Waals surface area contributed by atoms with E-state index < -0.39 is 58.6 Å². The lowest BCUT2D eigenvalue weighted by atomic mass is 10.1. The van der Waals surface area contributed by atoms with Crippen LogP contribution in [0, 0.1) is 0 Å². The van der Waals surface area contributed by atoms with Gasteiger partial charge >= 0.3 is 17.2 Å². The number of benzene rings is 1. The summed E-state index contributed by atoms with van der Waals surface area (Å²) in [7, 11) is -14.1. The van der Waals surface area contributed by atoms with Crippen molar-refractivity contribution in [1.29, 1.82) is 0 Å². The molecule has 0 aromatic heterocycles. The fourth-order valence-electron chi connectivity index (χ4n) is 1.63. The summed E-state index contributed by atoms with van der Waals surface area (Å²) < 4.78 is 154. The Hall–Kier alpha value is -1.51. The molecule has 0 atom stereocenters. The smallest absolute Gasteiger partial charge is 0.218 e. The molecule has 0 fully saturated rings. The van der Waals surface area contributed by atoms with Crippen molar-refractivity contribution in [3.05, 3.63) is 35.4 Å². The lowest BCUT2D eigenvalue weighted by Crippen LogP contribution is -2.39. The van der Waals surface area contributed by atoms with Crippen LogP contribution in [0.2, 0.25) is 0 Å². The van der Waals surface area contributed by atoms with E-state index in [0.717, 1.165) is 0 Å². The summed E-state index contributed by atoms with van der Waals surface area (Å²) in [4.78, 5) is 0. The van der Waals surface area contributed by atoms with Crippen molar-refractivity contribution in [3.8, 4) is 0 Å². The molecule has 0 N–H and O–H groups in total. The highest BCUT2D eigenvalue weighted by atomic mass is 32.3. The summed E-state index contributed by atoms with van der Waals surface area (Å²) in [5.74, 6) is 0. The van der Waals surface area contributed by atoms with Gasteiger partial charge in [0.2, 0.25) is 4.58 Å². The topological polar surface area (TPSA) is 68.3 Å². The Morgan fingerprint density at radius 1 is 0.720 bits per heavy atom. The first-order chi connectivity index (χ1) is 10.8. The van der Waals surface area contributed by atoms with E-state index in [1.165, 1.54) is 0 Å². The minimum absolute atomic E-state index is 0.104. The van der Waals surface area contributed by atoms with E-state index in [4.69, 9.17) is 0 Å². The zero-order chi connectivity index (χ0) is 20.1. The lowest BCUT2D eigenvalue weighted by molar-refractivity contribution is -0.137. The van der Waals surface area contributed by atoms with Crippen molar-refractivity contribution in [2.45, 2.75) is 21.8 Å². The average Bonchev–Trinajstić information content (AvgIpc) is 2.34.